The fourth-order valence-electron chi connectivity index (χ4n) is 3.21. The van der Waals surface area contributed by atoms with E-state index < -0.39 is 5.60 Å². The van der Waals surface area contributed by atoms with Crippen molar-refractivity contribution in [1.29, 1.82) is 0 Å². The molecule has 1 heterocycles. The summed E-state index contributed by atoms with van der Waals surface area (Å²) >= 11 is 0. The van der Waals surface area contributed by atoms with Crippen molar-refractivity contribution in [3.63, 3.8) is 0 Å². The highest BCUT2D eigenvalue weighted by Crippen LogP contribution is 2.39. The fourth-order valence-corrected chi connectivity index (χ4v) is 3.21. The number of fused-ring (bicyclic) bond motifs is 2. The smallest absolute Gasteiger partial charge is 0.147 e. The SMILES string of the molecule is OC1(c2nc3ccccc3[nH]2)CCCc2ccccc21. The lowest BCUT2D eigenvalue weighted by Gasteiger charge is -2.32. The van der Waals surface area contributed by atoms with Gasteiger partial charge < -0.3 is 10.1 Å². The third-order valence-electron chi connectivity index (χ3n) is 4.23. The molecule has 4 rings (SSSR count). The number of rotatable bonds is 1. The molecule has 20 heavy (non-hydrogen) atoms. The van der Waals surface area contributed by atoms with Crippen molar-refractivity contribution in [2.45, 2.75) is 24.9 Å². The summed E-state index contributed by atoms with van der Waals surface area (Å²) in [6.07, 6.45) is 2.72. The number of para-hydroxylation sites is 2. The molecular formula is C17H16N2O. The molecule has 2 aromatic carbocycles. The molecule has 0 saturated heterocycles. The fraction of sp³-hybridized carbons (Fsp3) is 0.235. The van der Waals surface area contributed by atoms with Gasteiger partial charge in [0.05, 0.1) is 11.0 Å². The van der Waals surface area contributed by atoms with Crippen LogP contribution in [0.3, 0.4) is 0 Å². The van der Waals surface area contributed by atoms with Gasteiger partial charge in [-0.2, -0.15) is 0 Å². The number of hydrogen-bond acceptors (Lipinski definition) is 2. The lowest BCUT2D eigenvalue weighted by molar-refractivity contribution is 0.0535. The van der Waals surface area contributed by atoms with E-state index >= 15 is 0 Å². The molecule has 1 aromatic heterocycles. The summed E-state index contributed by atoms with van der Waals surface area (Å²) in [6.45, 7) is 0. The van der Waals surface area contributed by atoms with E-state index in [1.54, 1.807) is 0 Å². The Bertz CT molecular complexity index is 744. The molecule has 0 bridgehead atoms. The predicted octanol–water partition coefficient (Wildman–Crippen LogP) is 3.14. The Morgan fingerprint density at radius 2 is 1.85 bits per heavy atom. The van der Waals surface area contributed by atoms with Gasteiger partial charge in [0, 0.05) is 0 Å². The molecule has 1 aliphatic carbocycles. The quantitative estimate of drug-likeness (QED) is 0.709. The van der Waals surface area contributed by atoms with Gasteiger partial charge >= 0.3 is 0 Å². The van der Waals surface area contributed by atoms with Gasteiger partial charge in [-0.25, -0.2) is 4.98 Å². The van der Waals surface area contributed by atoms with E-state index in [1.807, 2.05) is 42.5 Å². The first-order chi connectivity index (χ1) is 9.77. The second-order valence-corrected chi connectivity index (χ2v) is 5.47. The second-order valence-electron chi connectivity index (χ2n) is 5.47. The van der Waals surface area contributed by atoms with Crippen LogP contribution in [0.2, 0.25) is 0 Å². The number of aryl methyl sites for hydroxylation is 1. The van der Waals surface area contributed by atoms with Gasteiger partial charge in [-0.05, 0) is 42.5 Å². The van der Waals surface area contributed by atoms with Crippen molar-refractivity contribution in [1.82, 2.24) is 9.97 Å². The molecular weight excluding hydrogens is 248 g/mol. The maximum atomic E-state index is 11.2. The maximum Gasteiger partial charge on any atom is 0.147 e. The molecule has 0 aliphatic heterocycles. The van der Waals surface area contributed by atoms with Crippen molar-refractivity contribution in [3.8, 4) is 0 Å². The first-order valence-electron chi connectivity index (χ1n) is 7.03. The van der Waals surface area contributed by atoms with Gasteiger partial charge in [0.2, 0.25) is 0 Å². The summed E-state index contributed by atoms with van der Waals surface area (Å²) in [5, 5.41) is 11.2. The minimum absolute atomic E-state index is 0.658. The molecule has 0 saturated carbocycles. The topological polar surface area (TPSA) is 48.9 Å². The number of nitrogens with zero attached hydrogens (tertiary/aromatic N) is 1. The van der Waals surface area contributed by atoms with Gasteiger partial charge in [-0.15, -0.1) is 0 Å². The molecule has 0 fully saturated rings. The van der Waals surface area contributed by atoms with Gasteiger partial charge in [0.25, 0.3) is 0 Å². The number of benzene rings is 2. The van der Waals surface area contributed by atoms with Crippen molar-refractivity contribution < 1.29 is 5.11 Å². The first-order valence-corrected chi connectivity index (χ1v) is 7.03. The summed E-state index contributed by atoms with van der Waals surface area (Å²) in [7, 11) is 0. The molecule has 0 amide bonds. The Morgan fingerprint density at radius 3 is 2.75 bits per heavy atom. The van der Waals surface area contributed by atoms with E-state index in [9.17, 15) is 5.11 Å². The van der Waals surface area contributed by atoms with Crippen LogP contribution in [0.25, 0.3) is 11.0 Å². The zero-order valence-corrected chi connectivity index (χ0v) is 11.1. The average molecular weight is 264 g/mol. The number of aromatic amines is 1. The standard InChI is InChI=1S/C17H16N2O/c20-17(11-5-7-12-6-1-2-8-13(12)17)16-18-14-9-3-4-10-15(14)19-16/h1-4,6,8-10,20H,5,7,11H2,(H,18,19). The van der Waals surface area contributed by atoms with Crippen molar-refractivity contribution >= 4 is 11.0 Å². The number of hydrogen-bond donors (Lipinski definition) is 2. The molecule has 3 nitrogen and oxygen atoms in total. The van der Waals surface area contributed by atoms with E-state index in [-0.39, 0.29) is 0 Å². The molecule has 2 N–H and O–H groups in total. The highest BCUT2D eigenvalue weighted by molar-refractivity contribution is 5.75. The normalized spacial score (nSPS) is 21.9. The van der Waals surface area contributed by atoms with Gasteiger partial charge in [-0.1, -0.05) is 36.4 Å². The molecule has 1 unspecified atom stereocenters. The van der Waals surface area contributed by atoms with E-state index in [0.717, 1.165) is 29.4 Å². The van der Waals surface area contributed by atoms with Gasteiger partial charge in [0.1, 0.15) is 11.4 Å². The highest BCUT2D eigenvalue weighted by Gasteiger charge is 2.38. The molecule has 3 aromatic rings. The maximum absolute atomic E-state index is 11.2. The largest absolute Gasteiger partial charge is 0.377 e. The Hall–Kier alpha value is -2.13. The number of H-pyrrole nitrogens is 1. The monoisotopic (exact) mass is 264 g/mol. The van der Waals surface area contributed by atoms with Crippen LogP contribution in [0.1, 0.15) is 29.8 Å². The summed E-state index contributed by atoms with van der Waals surface area (Å²) in [6, 6.07) is 16.0. The zero-order chi connectivity index (χ0) is 13.6. The minimum atomic E-state index is -0.992. The van der Waals surface area contributed by atoms with Crippen LogP contribution in [0.15, 0.2) is 48.5 Å². The molecule has 1 aliphatic rings. The summed E-state index contributed by atoms with van der Waals surface area (Å²) < 4.78 is 0. The van der Waals surface area contributed by atoms with Crippen LogP contribution < -0.4 is 0 Å². The Kier molecular flexibility index (Phi) is 2.44. The van der Waals surface area contributed by atoms with E-state index in [2.05, 4.69) is 16.0 Å². The number of nitrogens with one attached hydrogen (secondary N) is 1. The second kappa shape index (κ2) is 4.18. The first kappa shape index (κ1) is 11.7. The minimum Gasteiger partial charge on any atom is -0.377 e. The van der Waals surface area contributed by atoms with Crippen molar-refractivity contribution in [2.75, 3.05) is 0 Å². The van der Waals surface area contributed by atoms with Gasteiger partial charge in [0.15, 0.2) is 0 Å². The van der Waals surface area contributed by atoms with E-state index in [1.165, 1.54) is 5.56 Å². The Balaban J connectivity index is 1.92. The molecule has 0 spiro atoms. The third kappa shape index (κ3) is 1.60. The number of imidazole rings is 1. The van der Waals surface area contributed by atoms with Crippen molar-refractivity contribution in [3.05, 3.63) is 65.5 Å². The van der Waals surface area contributed by atoms with Crippen LogP contribution in [0.4, 0.5) is 0 Å². The Morgan fingerprint density at radius 1 is 1.05 bits per heavy atom. The van der Waals surface area contributed by atoms with E-state index in [4.69, 9.17) is 0 Å². The molecule has 1 atom stereocenters. The van der Waals surface area contributed by atoms with E-state index in [0.29, 0.717) is 12.2 Å². The lowest BCUT2D eigenvalue weighted by Crippen LogP contribution is -2.33. The lowest BCUT2D eigenvalue weighted by atomic mass is 9.78. The molecule has 3 heteroatoms. The Labute approximate surface area is 117 Å². The summed E-state index contributed by atoms with van der Waals surface area (Å²) in [4.78, 5) is 7.89. The zero-order valence-electron chi connectivity index (χ0n) is 11.1. The number of aliphatic hydroxyl groups is 1. The van der Waals surface area contributed by atoms with Gasteiger partial charge in [-0.3, -0.25) is 0 Å². The highest BCUT2D eigenvalue weighted by atomic mass is 16.3. The van der Waals surface area contributed by atoms with Crippen LogP contribution in [0.5, 0.6) is 0 Å². The molecule has 100 valence electrons. The average Bonchev–Trinajstić information content (AvgIpc) is 2.92. The van der Waals surface area contributed by atoms with Crippen molar-refractivity contribution in [2.24, 2.45) is 0 Å². The molecule has 0 radical (unpaired) electrons. The third-order valence-corrected chi connectivity index (χ3v) is 4.23. The van der Waals surface area contributed by atoms with Crippen LogP contribution in [-0.4, -0.2) is 15.1 Å². The van der Waals surface area contributed by atoms with Crippen LogP contribution in [0, 0.1) is 0 Å². The summed E-state index contributed by atoms with van der Waals surface area (Å²) in [5.41, 5.74) is 3.10. The number of aromatic nitrogens is 2. The van der Waals surface area contributed by atoms with Crippen LogP contribution in [-0.2, 0) is 12.0 Å². The summed E-state index contributed by atoms with van der Waals surface area (Å²) in [5.74, 6) is 0.658. The van der Waals surface area contributed by atoms with Crippen LogP contribution >= 0.6 is 0 Å². The predicted molar refractivity (Wildman–Crippen MR) is 78.5 cm³/mol.